The predicted molar refractivity (Wildman–Crippen MR) is 178 cm³/mol. The van der Waals surface area contributed by atoms with Gasteiger partial charge in [-0.1, -0.05) is 35.4 Å². The molecule has 0 aromatic heterocycles. The Labute approximate surface area is 266 Å². The van der Waals surface area contributed by atoms with Crippen LogP contribution in [0.15, 0.2) is 103 Å². The molecule has 2 amide bonds. The van der Waals surface area contributed by atoms with Crippen LogP contribution in [0.4, 0.5) is 22.7 Å². The second kappa shape index (κ2) is 13.4. The van der Waals surface area contributed by atoms with E-state index in [2.05, 4.69) is 0 Å². The Morgan fingerprint density at radius 1 is 0.761 bits per heavy atom. The third-order valence-electron chi connectivity index (χ3n) is 7.95. The highest BCUT2D eigenvalue weighted by atomic mass is 16.6. The van der Waals surface area contributed by atoms with E-state index < -0.39 is 15.9 Å². The van der Waals surface area contributed by atoms with Gasteiger partial charge in [0.1, 0.15) is 0 Å². The molecule has 0 bridgehead atoms. The topological polar surface area (TPSA) is 127 Å². The number of nitrogens with zero attached hydrogens (tertiary/aromatic N) is 4. The van der Waals surface area contributed by atoms with E-state index in [1.165, 1.54) is 36.4 Å². The molecule has 0 saturated heterocycles. The van der Waals surface area contributed by atoms with Gasteiger partial charge in [0, 0.05) is 53.8 Å². The van der Waals surface area contributed by atoms with Gasteiger partial charge in [-0.25, -0.2) is 0 Å². The van der Waals surface area contributed by atoms with Gasteiger partial charge in [-0.2, -0.15) is 0 Å². The summed E-state index contributed by atoms with van der Waals surface area (Å²) >= 11 is 0. The lowest BCUT2D eigenvalue weighted by atomic mass is 9.88. The lowest BCUT2D eigenvalue weighted by Crippen LogP contribution is -2.47. The van der Waals surface area contributed by atoms with E-state index in [9.17, 15) is 29.8 Å². The molecule has 0 fully saturated rings. The number of aryl methyl sites for hydroxylation is 2. The number of nitro benzene ring substituents is 2. The summed E-state index contributed by atoms with van der Waals surface area (Å²) in [4.78, 5) is 52.2. The van der Waals surface area contributed by atoms with E-state index in [-0.39, 0.29) is 29.2 Å². The summed E-state index contributed by atoms with van der Waals surface area (Å²) in [5.74, 6) is -0.523. The molecule has 2 atom stereocenters. The van der Waals surface area contributed by atoms with E-state index in [4.69, 9.17) is 0 Å². The Morgan fingerprint density at radius 3 is 1.83 bits per heavy atom. The zero-order chi connectivity index (χ0) is 33.0. The summed E-state index contributed by atoms with van der Waals surface area (Å²) in [5, 5.41) is 22.0. The minimum atomic E-state index is -0.473. The number of non-ortho nitro benzene ring substituents is 2. The molecule has 0 spiro atoms. The van der Waals surface area contributed by atoms with Crippen LogP contribution in [0.3, 0.4) is 0 Å². The number of anilines is 2. The maximum atomic E-state index is 14.0. The van der Waals surface area contributed by atoms with E-state index >= 15 is 0 Å². The third kappa shape index (κ3) is 6.91. The van der Waals surface area contributed by atoms with E-state index in [1.54, 1.807) is 46.2 Å². The van der Waals surface area contributed by atoms with Crippen LogP contribution in [-0.2, 0) is 9.59 Å². The lowest BCUT2D eigenvalue weighted by Gasteiger charge is -2.43. The highest BCUT2D eigenvalue weighted by Crippen LogP contribution is 2.43. The molecule has 2 unspecified atom stereocenters. The van der Waals surface area contributed by atoms with Crippen molar-refractivity contribution in [3.8, 4) is 0 Å². The van der Waals surface area contributed by atoms with Crippen LogP contribution < -0.4 is 9.80 Å². The third-order valence-corrected chi connectivity index (χ3v) is 7.95. The second-order valence-electron chi connectivity index (χ2n) is 11.3. The number of nitro groups is 2. The standard InChI is InChI=1S/C36H32N4O6/c1-24-4-13-29(14-5-24)38(36(42)21-12-28-9-17-31(18-10-28)40(45)46)34-23-26(3)37(33-19-6-25(2)22-32(33)34)35(41)20-11-27-7-15-30(16-8-27)39(43)44/h4-22,26,34H,23H2,1-3H3. The first-order valence-corrected chi connectivity index (χ1v) is 14.7. The fourth-order valence-corrected chi connectivity index (χ4v) is 5.61. The molecule has 232 valence electrons. The molecular weight excluding hydrogens is 584 g/mol. The summed E-state index contributed by atoms with van der Waals surface area (Å²) in [6, 6.07) is 24.8. The van der Waals surface area contributed by atoms with Gasteiger partial charge in [-0.3, -0.25) is 29.8 Å². The molecule has 5 rings (SSSR count). The van der Waals surface area contributed by atoms with Crippen LogP contribution in [0.25, 0.3) is 12.2 Å². The molecule has 1 heterocycles. The summed E-state index contributed by atoms with van der Waals surface area (Å²) in [7, 11) is 0. The number of benzene rings is 4. The average molecular weight is 617 g/mol. The molecular formula is C36H32N4O6. The number of carbonyl (C=O) groups is 2. The van der Waals surface area contributed by atoms with E-state index in [0.29, 0.717) is 28.9 Å². The van der Waals surface area contributed by atoms with Gasteiger partial charge in [0.15, 0.2) is 0 Å². The van der Waals surface area contributed by atoms with Crippen LogP contribution >= 0.6 is 0 Å². The summed E-state index contributed by atoms with van der Waals surface area (Å²) in [6.07, 6.45) is 6.64. The smallest absolute Gasteiger partial charge is 0.269 e. The van der Waals surface area contributed by atoms with Crippen LogP contribution in [0.1, 0.15) is 47.2 Å². The van der Waals surface area contributed by atoms with E-state index in [1.807, 2.05) is 63.2 Å². The van der Waals surface area contributed by atoms with Gasteiger partial charge in [0.2, 0.25) is 0 Å². The molecule has 46 heavy (non-hydrogen) atoms. The molecule has 0 saturated carbocycles. The van der Waals surface area contributed by atoms with Crippen molar-refractivity contribution in [2.75, 3.05) is 9.80 Å². The minimum Gasteiger partial charge on any atom is -0.306 e. The molecule has 4 aromatic rings. The Bertz CT molecular complexity index is 1850. The molecule has 1 aliphatic heterocycles. The highest BCUT2D eigenvalue weighted by molar-refractivity contribution is 6.07. The average Bonchev–Trinajstić information content (AvgIpc) is 3.04. The number of fused-ring (bicyclic) bond motifs is 1. The van der Waals surface area contributed by atoms with Crippen LogP contribution in [0, 0.1) is 34.1 Å². The van der Waals surface area contributed by atoms with Crippen molar-refractivity contribution in [2.24, 2.45) is 0 Å². The molecule has 1 aliphatic rings. The van der Waals surface area contributed by atoms with Gasteiger partial charge in [-0.15, -0.1) is 0 Å². The van der Waals surface area contributed by atoms with E-state index in [0.717, 1.165) is 16.7 Å². The summed E-state index contributed by atoms with van der Waals surface area (Å²) in [6.45, 7) is 5.87. The zero-order valence-electron chi connectivity index (χ0n) is 25.6. The molecule has 0 radical (unpaired) electrons. The monoisotopic (exact) mass is 616 g/mol. The maximum Gasteiger partial charge on any atom is 0.269 e. The van der Waals surface area contributed by atoms with Crippen molar-refractivity contribution in [1.29, 1.82) is 0 Å². The highest BCUT2D eigenvalue weighted by Gasteiger charge is 2.38. The molecule has 10 nitrogen and oxygen atoms in total. The quantitative estimate of drug-likeness (QED) is 0.113. The predicted octanol–water partition coefficient (Wildman–Crippen LogP) is 7.75. The Balaban J connectivity index is 1.49. The Kier molecular flexibility index (Phi) is 9.18. The van der Waals surface area contributed by atoms with Crippen molar-refractivity contribution in [3.63, 3.8) is 0 Å². The molecule has 10 heteroatoms. The van der Waals surface area contributed by atoms with Gasteiger partial charge >= 0.3 is 0 Å². The van der Waals surface area contributed by atoms with Gasteiger partial charge in [-0.05, 0) is 98.5 Å². The second-order valence-corrected chi connectivity index (χ2v) is 11.3. The minimum absolute atomic E-state index is 0.0289. The fourth-order valence-electron chi connectivity index (χ4n) is 5.61. The lowest BCUT2D eigenvalue weighted by molar-refractivity contribution is -0.385. The first-order chi connectivity index (χ1) is 22.0. The largest absolute Gasteiger partial charge is 0.306 e. The Morgan fingerprint density at radius 2 is 1.28 bits per heavy atom. The van der Waals surface area contributed by atoms with Crippen LogP contribution in [0.2, 0.25) is 0 Å². The Hall–Kier alpha value is -5.90. The van der Waals surface area contributed by atoms with Crippen LogP contribution in [-0.4, -0.2) is 27.7 Å². The van der Waals surface area contributed by atoms with Crippen molar-refractivity contribution in [1.82, 2.24) is 0 Å². The number of hydrogen-bond acceptors (Lipinski definition) is 6. The maximum absolute atomic E-state index is 14.0. The number of carbonyl (C=O) groups excluding carboxylic acids is 2. The fraction of sp³-hybridized carbons (Fsp3) is 0.167. The first-order valence-electron chi connectivity index (χ1n) is 14.7. The van der Waals surface area contributed by atoms with Crippen molar-refractivity contribution in [3.05, 3.63) is 151 Å². The normalized spacial score (nSPS) is 15.9. The summed E-state index contributed by atoms with van der Waals surface area (Å²) < 4.78 is 0. The van der Waals surface area contributed by atoms with Gasteiger partial charge < -0.3 is 9.80 Å². The van der Waals surface area contributed by atoms with Crippen LogP contribution in [0.5, 0.6) is 0 Å². The molecule has 0 N–H and O–H groups in total. The van der Waals surface area contributed by atoms with Gasteiger partial charge in [0.25, 0.3) is 23.2 Å². The van der Waals surface area contributed by atoms with Crippen molar-refractivity contribution >= 4 is 46.7 Å². The molecule has 4 aromatic carbocycles. The number of rotatable bonds is 8. The zero-order valence-corrected chi connectivity index (χ0v) is 25.6. The SMILES string of the molecule is Cc1ccc(N(C(=O)C=Cc2ccc([N+](=O)[O-])cc2)C2CC(C)N(C(=O)C=Cc3ccc([N+](=O)[O-])cc3)c3ccc(C)cc32)cc1. The van der Waals surface area contributed by atoms with Crippen molar-refractivity contribution < 1.29 is 19.4 Å². The summed E-state index contributed by atoms with van der Waals surface area (Å²) in [5.41, 5.74) is 5.48. The number of hydrogen-bond donors (Lipinski definition) is 0. The molecule has 0 aliphatic carbocycles. The van der Waals surface area contributed by atoms with Gasteiger partial charge in [0.05, 0.1) is 15.9 Å². The first kappa shape index (κ1) is 31.5. The van der Waals surface area contributed by atoms with Crippen molar-refractivity contribution in [2.45, 2.75) is 39.3 Å². The number of amides is 2.